The minimum absolute atomic E-state index is 0.336. The molecule has 0 bridgehead atoms. The largest absolute Gasteiger partial charge is 0.385 e. The first kappa shape index (κ1) is 16.2. The molecule has 1 saturated carbocycles. The average molecular weight is 283 g/mol. The number of likely N-dealkylation sites (tertiary alicyclic amines) is 1. The first-order valence-electron chi connectivity index (χ1n) is 8.53. The summed E-state index contributed by atoms with van der Waals surface area (Å²) in [4.78, 5) is 2.77. The molecule has 0 radical (unpaired) electrons. The van der Waals surface area contributed by atoms with Crippen LogP contribution < -0.4 is 11.3 Å². The van der Waals surface area contributed by atoms with Gasteiger partial charge < -0.3 is 4.74 Å². The Labute approximate surface area is 124 Å². The fourth-order valence-corrected chi connectivity index (χ4v) is 4.31. The van der Waals surface area contributed by atoms with Crippen molar-refractivity contribution in [2.75, 3.05) is 26.8 Å². The Morgan fingerprint density at radius 2 is 1.80 bits per heavy atom. The molecule has 1 atom stereocenters. The maximum atomic E-state index is 5.95. The van der Waals surface area contributed by atoms with Crippen LogP contribution in [0.3, 0.4) is 0 Å². The lowest BCUT2D eigenvalue weighted by molar-refractivity contribution is 0.0325. The van der Waals surface area contributed by atoms with Crippen LogP contribution in [-0.4, -0.2) is 43.3 Å². The van der Waals surface area contributed by atoms with Gasteiger partial charge in [0.15, 0.2) is 0 Å². The number of hydrogen-bond acceptors (Lipinski definition) is 4. The summed E-state index contributed by atoms with van der Waals surface area (Å²) < 4.78 is 5.16. The van der Waals surface area contributed by atoms with E-state index < -0.39 is 0 Å². The number of piperidine rings is 1. The van der Waals surface area contributed by atoms with Crippen molar-refractivity contribution in [3.05, 3.63) is 0 Å². The van der Waals surface area contributed by atoms with E-state index in [9.17, 15) is 0 Å². The van der Waals surface area contributed by atoms with Gasteiger partial charge in [-0.3, -0.25) is 16.2 Å². The molecule has 20 heavy (non-hydrogen) atoms. The van der Waals surface area contributed by atoms with E-state index in [0.29, 0.717) is 11.6 Å². The number of nitrogens with one attached hydrogen (secondary N) is 1. The highest BCUT2D eigenvalue weighted by molar-refractivity contribution is 5.03. The Morgan fingerprint density at radius 1 is 1.10 bits per heavy atom. The van der Waals surface area contributed by atoms with E-state index in [0.717, 1.165) is 13.0 Å². The first-order chi connectivity index (χ1) is 9.83. The van der Waals surface area contributed by atoms with Gasteiger partial charge in [0, 0.05) is 25.3 Å². The van der Waals surface area contributed by atoms with E-state index >= 15 is 0 Å². The van der Waals surface area contributed by atoms with Crippen molar-refractivity contribution >= 4 is 0 Å². The summed E-state index contributed by atoms with van der Waals surface area (Å²) in [6, 6.07) is 0.444. The third kappa shape index (κ3) is 3.73. The Bertz CT molecular complexity index is 260. The minimum Gasteiger partial charge on any atom is -0.385 e. The average Bonchev–Trinajstić information content (AvgIpc) is 2.99. The van der Waals surface area contributed by atoms with Crippen molar-refractivity contribution in [3.63, 3.8) is 0 Å². The zero-order chi connectivity index (χ0) is 14.3. The Balaban J connectivity index is 1.96. The normalized spacial score (nSPS) is 24.9. The molecule has 0 spiro atoms. The summed E-state index contributed by atoms with van der Waals surface area (Å²) in [6.45, 7) is 3.42. The summed E-state index contributed by atoms with van der Waals surface area (Å²) in [5.74, 6) is 5.95. The van der Waals surface area contributed by atoms with Crippen molar-refractivity contribution in [1.29, 1.82) is 0 Å². The van der Waals surface area contributed by atoms with E-state index in [-0.39, 0.29) is 0 Å². The molecule has 1 unspecified atom stereocenters. The molecule has 2 rings (SSSR count). The molecule has 1 saturated heterocycles. The summed E-state index contributed by atoms with van der Waals surface area (Å²) in [7, 11) is 1.78. The molecule has 1 heterocycles. The van der Waals surface area contributed by atoms with E-state index in [1.165, 1.54) is 70.9 Å². The third-order valence-electron chi connectivity index (χ3n) is 5.40. The molecular weight excluding hydrogens is 250 g/mol. The lowest BCUT2D eigenvalue weighted by Gasteiger charge is -2.48. The van der Waals surface area contributed by atoms with Crippen LogP contribution >= 0.6 is 0 Å². The summed E-state index contributed by atoms with van der Waals surface area (Å²) >= 11 is 0. The summed E-state index contributed by atoms with van der Waals surface area (Å²) in [5.41, 5.74) is 3.51. The van der Waals surface area contributed by atoms with Crippen LogP contribution in [0.25, 0.3) is 0 Å². The van der Waals surface area contributed by atoms with Gasteiger partial charge in [0.2, 0.25) is 0 Å². The molecule has 0 aromatic rings. The number of nitrogens with zero attached hydrogens (tertiary/aromatic N) is 1. The maximum Gasteiger partial charge on any atom is 0.0462 e. The number of methoxy groups -OCH3 is 1. The molecule has 1 aliphatic heterocycles. The first-order valence-corrected chi connectivity index (χ1v) is 8.53. The van der Waals surface area contributed by atoms with Gasteiger partial charge in [-0.15, -0.1) is 0 Å². The fourth-order valence-electron chi connectivity index (χ4n) is 4.31. The van der Waals surface area contributed by atoms with Crippen molar-refractivity contribution in [3.8, 4) is 0 Å². The highest BCUT2D eigenvalue weighted by Gasteiger charge is 2.45. The zero-order valence-electron chi connectivity index (χ0n) is 13.2. The van der Waals surface area contributed by atoms with E-state index in [1.54, 1.807) is 7.11 Å². The minimum atomic E-state index is 0.336. The lowest BCUT2D eigenvalue weighted by atomic mass is 9.82. The Morgan fingerprint density at radius 3 is 2.40 bits per heavy atom. The predicted molar refractivity (Wildman–Crippen MR) is 83.5 cm³/mol. The highest BCUT2D eigenvalue weighted by atomic mass is 16.5. The van der Waals surface area contributed by atoms with E-state index in [4.69, 9.17) is 10.6 Å². The van der Waals surface area contributed by atoms with Gasteiger partial charge in [0.25, 0.3) is 0 Å². The number of rotatable bonds is 8. The topological polar surface area (TPSA) is 50.5 Å². The van der Waals surface area contributed by atoms with Crippen LogP contribution in [0.15, 0.2) is 0 Å². The van der Waals surface area contributed by atoms with E-state index in [2.05, 4.69) is 10.3 Å². The second kappa shape index (κ2) is 8.32. The van der Waals surface area contributed by atoms with Crippen LogP contribution in [-0.2, 0) is 4.74 Å². The van der Waals surface area contributed by atoms with Gasteiger partial charge in [-0.2, -0.15) is 0 Å². The maximum absolute atomic E-state index is 5.95. The Kier molecular flexibility index (Phi) is 6.75. The molecule has 4 nitrogen and oxygen atoms in total. The van der Waals surface area contributed by atoms with Crippen LogP contribution in [0.1, 0.15) is 64.2 Å². The molecule has 118 valence electrons. The molecule has 0 aromatic heterocycles. The van der Waals surface area contributed by atoms with Crippen LogP contribution in [0, 0.1) is 0 Å². The van der Waals surface area contributed by atoms with Gasteiger partial charge in [-0.25, -0.2) is 0 Å². The van der Waals surface area contributed by atoms with Crippen molar-refractivity contribution in [2.24, 2.45) is 5.84 Å². The quantitative estimate of drug-likeness (QED) is 0.408. The van der Waals surface area contributed by atoms with Gasteiger partial charge in [0.1, 0.15) is 0 Å². The number of unbranched alkanes of at least 4 members (excludes halogenated alkanes) is 1. The lowest BCUT2D eigenvalue weighted by Crippen LogP contribution is -2.62. The van der Waals surface area contributed by atoms with Gasteiger partial charge in [0.05, 0.1) is 0 Å². The number of hydrazine groups is 1. The summed E-state index contributed by atoms with van der Waals surface area (Å²) in [5, 5.41) is 0. The standard InChI is InChI=1S/C16H33N3O/c1-20-14-8-3-9-15(18-17)16(10-4-5-11-16)19-12-6-2-7-13-19/h15,18H,2-14,17H2,1H3. The molecule has 1 aliphatic carbocycles. The van der Waals surface area contributed by atoms with Gasteiger partial charge in [-0.05, 0) is 58.0 Å². The molecule has 0 amide bonds. The van der Waals surface area contributed by atoms with E-state index in [1.807, 2.05) is 0 Å². The summed E-state index contributed by atoms with van der Waals surface area (Å²) in [6.07, 6.45) is 13.0. The third-order valence-corrected chi connectivity index (χ3v) is 5.40. The molecule has 3 N–H and O–H groups in total. The number of hydrogen-bond donors (Lipinski definition) is 2. The smallest absolute Gasteiger partial charge is 0.0462 e. The number of nitrogens with two attached hydrogens (primary N) is 1. The molecule has 2 aliphatic rings. The second-order valence-electron chi connectivity index (χ2n) is 6.57. The SMILES string of the molecule is COCCCCC(NN)C1(N2CCCCC2)CCCC1. The Hall–Kier alpha value is -0.160. The van der Waals surface area contributed by atoms with Gasteiger partial charge in [-0.1, -0.05) is 19.3 Å². The van der Waals surface area contributed by atoms with Crippen LogP contribution in [0.5, 0.6) is 0 Å². The van der Waals surface area contributed by atoms with Crippen LogP contribution in [0.2, 0.25) is 0 Å². The molecule has 0 aromatic carbocycles. The molecular formula is C16H33N3O. The molecule has 2 fully saturated rings. The predicted octanol–water partition coefficient (Wildman–Crippen LogP) is 2.43. The highest BCUT2D eigenvalue weighted by Crippen LogP contribution is 2.40. The van der Waals surface area contributed by atoms with Crippen LogP contribution in [0.4, 0.5) is 0 Å². The zero-order valence-corrected chi connectivity index (χ0v) is 13.2. The number of ether oxygens (including phenoxy) is 1. The van der Waals surface area contributed by atoms with Crippen molar-refractivity contribution < 1.29 is 4.74 Å². The van der Waals surface area contributed by atoms with Crippen molar-refractivity contribution in [2.45, 2.75) is 75.8 Å². The van der Waals surface area contributed by atoms with Gasteiger partial charge >= 0.3 is 0 Å². The monoisotopic (exact) mass is 283 g/mol. The second-order valence-corrected chi connectivity index (χ2v) is 6.57. The fraction of sp³-hybridized carbons (Fsp3) is 1.00. The molecule has 4 heteroatoms. The van der Waals surface area contributed by atoms with Crippen molar-refractivity contribution in [1.82, 2.24) is 10.3 Å².